The first kappa shape index (κ1) is 19.9. The Kier molecular flexibility index (Phi) is 7.02. The number of hydrogen-bond donors (Lipinski definition) is 2. The van der Waals surface area contributed by atoms with Gasteiger partial charge in [0.2, 0.25) is 0 Å². The van der Waals surface area contributed by atoms with E-state index in [4.69, 9.17) is 21.1 Å². The Bertz CT molecular complexity index is 639. The van der Waals surface area contributed by atoms with E-state index in [0.29, 0.717) is 49.2 Å². The summed E-state index contributed by atoms with van der Waals surface area (Å²) in [6, 6.07) is 1.68. The average molecular weight is 443 g/mol. The van der Waals surface area contributed by atoms with Gasteiger partial charge in [-0.3, -0.25) is 0 Å². The van der Waals surface area contributed by atoms with Gasteiger partial charge in [0.1, 0.15) is 24.0 Å². The number of fused-ring (bicyclic) bond motifs is 1. The zero-order valence-corrected chi connectivity index (χ0v) is 15.7. The Morgan fingerprint density at radius 3 is 2.96 bits per heavy atom. The second kappa shape index (κ2) is 8.81. The molecule has 0 amide bonds. The van der Waals surface area contributed by atoms with Gasteiger partial charge in [0.05, 0.1) is 24.4 Å². The third-order valence-electron chi connectivity index (χ3n) is 4.30. The van der Waals surface area contributed by atoms with Crippen molar-refractivity contribution in [1.82, 2.24) is 0 Å². The van der Waals surface area contributed by atoms with E-state index in [2.05, 4.69) is 10.6 Å². The minimum Gasteiger partial charge on any atom is -0.541 e. The SMILES string of the molecule is Cc1cc2c(c(/C(N)=N/[N-]N)c1F)N(CCOCC1CC1)CCO2.[Pd]. The minimum atomic E-state index is -0.437. The van der Waals surface area contributed by atoms with Crippen molar-refractivity contribution in [3.8, 4) is 5.75 Å². The van der Waals surface area contributed by atoms with Gasteiger partial charge in [0.25, 0.3) is 0 Å². The Morgan fingerprint density at radius 2 is 2.28 bits per heavy atom. The zero-order valence-electron chi connectivity index (χ0n) is 14.1. The molecule has 0 unspecified atom stereocenters. The van der Waals surface area contributed by atoms with Crippen molar-refractivity contribution in [3.63, 3.8) is 0 Å². The van der Waals surface area contributed by atoms with E-state index >= 15 is 0 Å². The van der Waals surface area contributed by atoms with Crippen molar-refractivity contribution in [1.29, 1.82) is 0 Å². The monoisotopic (exact) mass is 442 g/mol. The molecular formula is C16H23FN5O2Pd-. The van der Waals surface area contributed by atoms with E-state index in [-0.39, 0.29) is 31.8 Å². The molecule has 1 aromatic carbocycles. The Balaban J connectivity index is 0.00000225. The molecule has 3 rings (SSSR count). The fraction of sp³-hybridized carbons (Fsp3) is 0.562. The van der Waals surface area contributed by atoms with Crippen molar-refractivity contribution in [3.05, 3.63) is 28.5 Å². The van der Waals surface area contributed by atoms with Crippen molar-refractivity contribution in [2.45, 2.75) is 19.8 Å². The van der Waals surface area contributed by atoms with Crippen molar-refractivity contribution in [2.75, 3.05) is 37.8 Å². The van der Waals surface area contributed by atoms with Crippen molar-refractivity contribution in [2.24, 2.45) is 22.6 Å². The quantitative estimate of drug-likeness (QED) is 0.167. The summed E-state index contributed by atoms with van der Waals surface area (Å²) < 4.78 is 26.1. The van der Waals surface area contributed by atoms with Crippen LogP contribution in [0, 0.1) is 18.7 Å². The molecule has 0 aromatic heterocycles. The molecule has 25 heavy (non-hydrogen) atoms. The molecule has 7 nitrogen and oxygen atoms in total. The normalized spacial score (nSPS) is 16.8. The third-order valence-corrected chi connectivity index (χ3v) is 4.30. The van der Waals surface area contributed by atoms with Gasteiger partial charge in [-0.25, -0.2) is 4.39 Å². The molecule has 0 spiro atoms. The van der Waals surface area contributed by atoms with Gasteiger partial charge in [-0.2, -0.15) is 0 Å². The fourth-order valence-corrected chi connectivity index (χ4v) is 2.83. The molecule has 0 bridgehead atoms. The van der Waals surface area contributed by atoms with Gasteiger partial charge in [-0.1, -0.05) is 0 Å². The summed E-state index contributed by atoms with van der Waals surface area (Å²) in [7, 11) is 0. The molecule has 1 saturated carbocycles. The van der Waals surface area contributed by atoms with Gasteiger partial charge in [0.15, 0.2) is 0 Å². The van der Waals surface area contributed by atoms with Crippen LogP contribution in [0.4, 0.5) is 10.1 Å². The summed E-state index contributed by atoms with van der Waals surface area (Å²) in [4.78, 5) is 2.02. The number of benzene rings is 1. The maximum Gasteiger partial charge on any atom is 0.143 e. The molecular weight excluding hydrogens is 420 g/mol. The molecule has 0 atom stereocenters. The number of rotatable bonds is 7. The fourth-order valence-electron chi connectivity index (χ4n) is 2.83. The second-order valence-corrected chi connectivity index (χ2v) is 6.18. The summed E-state index contributed by atoms with van der Waals surface area (Å²) in [5, 5.41) is 3.61. The van der Waals surface area contributed by atoms with Crippen LogP contribution in [-0.4, -0.2) is 38.7 Å². The van der Waals surface area contributed by atoms with Crippen molar-refractivity contribution >= 4 is 11.5 Å². The second-order valence-electron chi connectivity index (χ2n) is 6.18. The first-order chi connectivity index (χ1) is 11.6. The molecule has 1 aromatic rings. The summed E-state index contributed by atoms with van der Waals surface area (Å²) in [5.74, 6) is 5.87. The number of hydrogen-bond acceptors (Lipinski definition) is 5. The molecule has 2 aliphatic rings. The van der Waals surface area contributed by atoms with Crippen LogP contribution in [0.1, 0.15) is 24.0 Å². The number of ether oxygens (including phenoxy) is 2. The maximum atomic E-state index is 14.7. The number of amidine groups is 1. The topological polar surface area (TPSA) is 100 Å². The summed E-state index contributed by atoms with van der Waals surface area (Å²) in [6.07, 6.45) is 2.51. The molecule has 1 aliphatic heterocycles. The zero-order chi connectivity index (χ0) is 17.1. The predicted octanol–water partition coefficient (Wildman–Crippen LogP) is 1.62. The van der Waals surface area contributed by atoms with Crippen LogP contribution >= 0.6 is 0 Å². The van der Waals surface area contributed by atoms with Crippen LogP contribution in [0.15, 0.2) is 11.2 Å². The Morgan fingerprint density at radius 1 is 1.52 bits per heavy atom. The van der Waals surface area contributed by atoms with Gasteiger partial charge in [-0.05, 0) is 37.3 Å². The van der Waals surface area contributed by atoms with Gasteiger partial charge in [0, 0.05) is 33.6 Å². The summed E-state index contributed by atoms with van der Waals surface area (Å²) in [6.45, 7) is 4.81. The van der Waals surface area contributed by atoms with E-state index in [1.807, 2.05) is 4.90 Å². The summed E-state index contributed by atoms with van der Waals surface area (Å²) >= 11 is 0. The minimum absolute atomic E-state index is 0. The number of aryl methyl sites for hydroxylation is 1. The van der Waals surface area contributed by atoms with E-state index in [9.17, 15) is 4.39 Å². The predicted molar refractivity (Wildman–Crippen MR) is 90.7 cm³/mol. The van der Waals surface area contributed by atoms with Gasteiger partial charge in [-0.15, -0.1) is 0 Å². The molecule has 0 saturated heterocycles. The molecule has 4 N–H and O–H groups in total. The van der Waals surface area contributed by atoms with Gasteiger partial charge < -0.3 is 36.6 Å². The standard InChI is InChI=1S/C16H23FN5O2.Pd/c1-10-8-12-15(13(14(10)17)16(18)20-21-19)22(5-7-24-12)4-6-23-9-11-2-3-11;/h8,11H,2-7,9,19H2,1H3,(H2,18,20);/q-1;. The number of anilines is 1. The van der Waals surface area contributed by atoms with E-state index in [0.717, 1.165) is 6.61 Å². The van der Waals surface area contributed by atoms with Crippen LogP contribution in [0.25, 0.3) is 5.53 Å². The first-order valence-electron chi connectivity index (χ1n) is 8.14. The Hall–Kier alpha value is -1.40. The van der Waals surface area contributed by atoms with E-state index in [1.165, 1.54) is 12.8 Å². The molecule has 9 heteroatoms. The smallest absolute Gasteiger partial charge is 0.143 e. The van der Waals surface area contributed by atoms with Crippen LogP contribution in [0.2, 0.25) is 0 Å². The van der Waals surface area contributed by atoms with Crippen LogP contribution in [0.5, 0.6) is 5.75 Å². The van der Waals surface area contributed by atoms with Gasteiger partial charge >= 0.3 is 0 Å². The molecule has 1 aliphatic carbocycles. The summed E-state index contributed by atoms with van der Waals surface area (Å²) in [5.41, 5.74) is 10.3. The molecule has 1 fully saturated rings. The number of nitrogens with two attached hydrogens (primary N) is 2. The van der Waals surface area contributed by atoms with Crippen LogP contribution < -0.4 is 21.2 Å². The molecule has 142 valence electrons. The maximum absolute atomic E-state index is 14.7. The van der Waals surface area contributed by atoms with Crippen molar-refractivity contribution < 1.29 is 34.3 Å². The van der Waals surface area contributed by atoms with E-state index in [1.54, 1.807) is 13.0 Å². The van der Waals surface area contributed by atoms with E-state index < -0.39 is 5.82 Å². The first-order valence-corrected chi connectivity index (χ1v) is 8.14. The average Bonchev–Trinajstić information content (AvgIpc) is 3.37. The third kappa shape index (κ3) is 4.61. The molecule has 0 radical (unpaired) electrons. The van der Waals surface area contributed by atoms with Crippen LogP contribution in [-0.2, 0) is 25.2 Å². The molecule has 1 heterocycles. The largest absolute Gasteiger partial charge is 0.541 e. The number of halogens is 1. The number of nitrogens with zero attached hydrogens (tertiary/aromatic N) is 3. The Labute approximate surface area is 160 Å². The van der Waals surface area contributed by atoms with Crippen LogP contribution in [0.3, 0.4) is 0 Å².